The summed E-state index contributed by atoms with van der Waals surface area (Å²) in [5.41, 5.74) is -9.05. The van der Waals surface area contributed by atoms with Crippen LogP contribution in [0.5, 0.6) is 0 Å². The van der Waals surface area contributed by atoms with Crippen molar-refractivity contribution in [1.82, 2.24) is 0 Å². The standard InChI is InChI=1S/C12ClF27Si/c13-41(11(35,36)37,12(38,39)40)10(33,34)8(28,29)6(24,25)4(20,21)2(16,17)1(14,15)3(18,19)5(22,23)7(26,27)9(30,31)32. The highest BCUT2D eigenvalue weighted by atomic mass is 35.6. The van der Waals surface area contributed by atoms with Gasteiger partial charge in [-0.05, 0) is 0 Å². The maximum Gasteiger partial charge on any atom is 0.479 e. The van der Waals surface area contributed by atoms with Crippen LogP contribution in [0.3, 0.4) is 0 Å². The summed E-state index contributed by atoms with van der Waals surface area (Å²) in [5.74, 6) is -91.9. The Morgan fingerprint density at radius 2 is 0.439 bits per heavy atom. The molecule has 0 rings (SSSR count). The first kappa shape index (κ1) is 39.6. The summed E-state index contributed by atoms with van der Waals surface area (Å²) in [4.78, 5) is 0. The van der Waals surface area contributed by atoms with Gasteiger partial charge in [-0.3, -0.25) is 0 Å². The van der Waals surface area contributed by atoms with Gasteiger partial charge in [0.05, 0.1) is 0 Å². The third-order valence-corrected chi connectivity index (χ3v) is 9.46. The summed E-state index contributed by atoms with van der Waals surface area (Å²) in [6.45, 7) is 0. The molecular formula is C12ClF27Si. The maximum absolute atomic E-state index is 13.7. The van der Waals surface area contributed by atoms with E-state index in [0.29, 0.717) is 0 Å². The fourth-order valence-electron chi connectivity index (χ4n) is 2.29. The number of hydrogen-bond donors (Lipinski definition) is 0. The first-order valence-corrected chi connectivity index (χ1v) is 11.3. The van der Waals surface area contributed by atoms with Crippen molar-refractivity contribution in [3.63, 3.8) is 0 Å². The molecule has 0 aromatic heterocycles. The molecule has 0 unspecified atom stereocenters. The van der Waals surface area contributed by atoms with Gasteiger partial charge in [-0.1, -0.05) is 0 Å². The van der Waals surface area contributed by atoms with Crippen LogP contribution < -0.4 is 0 Å². The minimum Gasteiger partial charge on any atom is -0.202 e. The van der Waals surface area contributed by atoms with Gasteiger partial charge in [0, 0.05) is 0 Å². The number of alkyl halides is 27. The molecule has 0 aliphatic carbocycles. The zero-order valence-corrected chi connectivity index (χ0v) is 18.8. The maximum atomic E-state index is 13.7. The smallest absolute Gasteiger partial charge is 0.202 e. The average Bonchev–Trinajstić information content (AvgIpc) is 2.69. The van der Waals surface area contributed by atoms with Crippen LogP contribution in [0.25, 0.3) is 0 Å². The molecule has 0 saturated carbocycles. The zero-order chi connectivity index (χ0) is 34.5. The van der Waals surface area contributed by atoms with Gasteiger partial charge in [-0.2, -0.15) is 110 Å². The van der Waals surface area contributed by atoms with E-state index in [4.69, 9.17) is 0 Å². The number of hydrogen-bond acceptors (Lipinski definition) is 0. The highest BCUT2D eigenvalue weighted by molar-refractivity contribution is 7.23. The van der Waals surface area contributed by atoms with Crippen molar-refractivity contribution in [2.24, 2.45) is 0 Å². The number of rotatable bonds is 9. The Kier molecular flexibility index (Phi) is 8.99. The van der Waals surface area contributed by atoms with Gasteiger partial charge in [0.25, 0.3) is 0 Å². The average molecular weight is 721 g/mol. The predicted octanol–water partition coefficient (Wildman–Crippen LogP) is 9.19. The minimum atomic E-state index is -10.3. The predicted molar refractivity (Wildman–Crippen MR) is 74.3 cm³/mol. The van der Waals surface area contributed by atoms with E-state index in [2.05, 4.69) is 11.1 Å². The molecule has 41 heavy (non-hydrogen) atoms. The van der Waals surface area contributed by atoms with E-state index in [9.17, 15) is 119 Å². The lowest BCUT2D eigenvalue weighted by molar-refractivity contribution is -0.472. The molecule has 0 heterocycles. The third kappa shape index (κ3) is 4.55. The Morgan fingerprint density at radius 1 is 0.268 bits per heavy atom. The first-order chi connectivity index (χ1) is 17.0. The molecule has 0 amide bonds. The summed E-state index contributed by atoms with van der Waals surface area (Å²) in [5, 5.41) is 0. The van der Waals surface area contributed by atoms with E-state index < -0.39 is 78.1 Å². The highest BCUT2D eigenvalue weighted by Gasteiger charge is 3.01. The quantitative estimate of drug-likeness (QED) is 0.127. The monoisotopic (exact) mass is 720 g/mol. The van der Waals surface area contributed by atoms with Gasteiger partial charge in [-0.25, -0.2) is 8.78 Å². The van der Waals surface area contributed by atoms with Crippen LogP contribution in [-0.2, 0) is 0 Å². The van der Waals surface area contributed by atoms with E-state index in [1.54, 1.807) is 0 Å². The van der Waals surface area contributed by atoms with Crippen molar-refractivity contribution in [2.75, 3.05) is 0 Å². The van der Waals surface area contributed by atoms with Crippen LogP contribution in [0.1, 0.15) is 0 Å². The van der Waals surface area contributed by atoms with E-state index in [1.165, 1.54) is 0 Å². The molecule has 0 fully saturated rings. The second kappa shape index (κ2) is 9.31. The Hall–Kier alpha value is -1.38. The molecule has 0 aromatic rings. The molecule has 0 aliphatic rings. The van der Waals surface area contributed by atoms with Crippen LogP contribution in [0, 0.1) is 0 Å². The fourth-order valence-corrected chi connectivity index (χ4v) is 4.27. The topological polar surface area (TPSA) is 0 Å². The molecule has 0 nitrogen and oxygen atoms in total. The zero-order valence-electron chi connectivity index (χ0n) is 17.1. The van der Waals surface area contributed by atoms with Gasteiger partial charge in [0.1, 0.15) is 0 Å². The highest BCUT2D eigenvalue weighted by Crippen LogP contribution is 2.68. The Morgan fingerprint density at radius 3 is 0.610 bits per heavy atom. The normalized spacial score (nSPS) is 17.3. The lowest BCUT2D eigenvalue weighted by Gasteiger charge is -2.46. The minimum absolute atomic E-state index is 3.39. The molecular weight excluding hydrogens is 721 g/mol. The van der Waals surface area contributed by atoms with Crippen molar-refractivity contribution in [3.05, 3.63) is 0 Å². The molecule has 0 N–H and O–H groups in total. The first-order valence-electron chi connectivity index (χ1n) is 8.29. The van der Waals surface area contributed by atoms with Gasteiger partial charge >= 0.3 is 78.1 Å². The van der Waals surface area contributed by atoms with Crippen molar-refractivity contribution in [3.8, 4) is 0 Å². The van der Waals surface area contributed by atoms with Crippen molar-refractivity contribution >= 4 is 18.5 Å². The Labute approximate surface area is 209 Å². The summed E-state index contributed by atoms with van der Waals surface area (Å²) < 4.78 is 352. The molecule has 29 heteroatoms. The molecule has 0 atom stereocenters. The van der Waals surface area contributed by atoms with Gasteiger partial charge < -0.3 is 0 Å². The van der Waals surface area contributed by atoms with E-state index >= 15 is 0 Å². The van der Waals surface area contributed by atoms with Crippen LogP contribution in [-0.4, -0.2) is 78.1 Å². The second-order valence-electron chi connectivity index (χ2n) is 7.32. The lowest BCUT2D eigenvalue weighted by atomic mass is 9.87. The van der Waals surface area contributed by atoms with Crippen molar-refractivity contribution in [1.29, 1.82) is 0 Å². The Bertz CT molecular complexity index is 948. The van der Waals surface area contributed by atoms with E-state index in [0.717, 1.165) is 0 Å². The summed E-state index contributed by atoms with van der Waals surface area (Å²) >= 11 is 3.39. The molecule has 0 aromatic carbocycles. The van der Waals surface area contributed by atoms with Gasteiger partial charge in [0.15, 0.2) is 0 Å². The van der Waals surface area contributed by atoms with E-state index in [-0.39, 0.29) is 0 Å². The molecule has 0 saturated heterocycles. The van der Waals surface area contributed by atoms with Crippen LogP contribution >= 0.6 is 11.1 Å². The summed E-state index contributed by atoms with van der Waals surface area (Å²) in [7, 11) is -10.3. The molecule has 0 spiro atoms. The molecule has 0 radical (unpaired) electrons. The summed E-state index contributed by atoms with van der Waals surface area (Å²) in [6, 6.07) is 0. The van der Waals surface area contributed by atoms with Crippen molar-refractivity contribution in [2.45, 2.75) is 70.7 Å². The number of halogens is 28. The second-order valence-corrected chi connectivity index (χ2v) is 12.1. The largest absolute Gasteiger partial charge is 0.479 e. The molecule has 0 bridgehead atoms. The Balaban J connectivity index is 7.55. The van der Waals surface area contributed by atoms with Crippen LogP contribution in [0.2, 0.25) is 0 Å². The molecule has 0 aliphatic heterocycles. The van der Waals surface area contributed by atoms with E-state index in [1.807, 2.05) is 0 Å². The van der Waals surface area contributed by atoms with Crippen molar-refractivity contribution < 1.29 is 119 Å². The SMILES string of the molecule is FC(F)(F)C(F)(F)C(F)(F)C(F)(F)C(F)(F)C(F)(F)C(F)(F)C(F)(F)C(F)(F)C(F)(F)[Si](Cl)(C(F)(F)F)C(F)(F)F. The van der Waals surface area contributed by atoms with Crippen LogP contribution in [0.15, 0.2) is 0 Å². The van der Waals surface area contributed by atoms with Gasteiger partial charge in [-0.15, -0.1) is 11.1 Å². The summed E-state index contributed by atoms with van der Waals surface area (Å²) in [6.07, 6.45) is -8.23. The fraction of sp³-hybridized carbons (Fsp3) is 1.00. The van der Waals surface area contributed by atoms with Gasteiger partial charge in [0.2, 0.25) is 0 Å². The lowest BCUT2D eigenvalue weighted by Crippen LogP contribution is -2.81. The van der Waals surface area contributed by atoms with Crippen LogP contribution in [0.4, 0.5) is 119 Å². The third-order valence-electron chi connectivity index (χ3n) is 4.72. The molecule has 248 valence electrons.